The molecule has 13 heteroatoms. The van der Waals surface area contributed by atoms with E-state index in [1.54, 1.807) is 10.8 Å². The van der Waals surface area contributed by atoms with Crippen LogP contribution in [0.15, 0.2) is 53.5 Å². The molecule has 3 aromatic rings. The zero-order chi connectivity index (χ0) is 34.5. The molecule has 1 aliphatic heterocycles. The van der Waals surface area contributed by atoms with Crippen molar-refractivity contribution in [1.29, 1.82) is 0 Å². The molecule has 2 heterocycles. The number of alkyl halides is 3. The second-order valence-corrected chi connectivity index (χ2v) is 12.7. The van der Waals surface area contributed by atoms with Crippen LogP contribution >= 0.6 is 9.24 Å². The van der Waals surface area contributed by atoms with Gasteiger partial charge in [0.15, 0.2) is 9.84 Å². The Labute approximate surface area is 272 Å². The Morgan fingerprint density at radius 3 is 2.35 bits per heavy atom. The molecule has 0 radical (unpaired) electrons. The van der Waals surface area contributed by atoms with Gasteiger partial charge in [-0.05, 0) is 48.1 Å². The number of aromatic nitrogens is 2. The van der Waals surface area contributed by atoms with Crippen molar-refractivity contribution in [1.82, 2.24) is 14.5 Å². The first kappa shape index (κ1) is 38.7. The lowest BCUT2D eigenvalue weighted by molar-refractivity contribution is -0.137. The molecule has 0 aliphatic carbocycles. The van der Waals surface area contributed by atoms with Crippen LogP contribution < -0.4 is 10.0 Å². The maximum absolute atomic E-state index is 13.6. The van der Waals surface area contributed by atoms with Crippen molar-refractivity contribution in [2.24, 2.45) is 4.99 Å². The third kappa shape index (κ3) is 10.5. The van der Waals surface area contributed by atoms with Gasteiger partial charge in [-0.25, -0.2) is 18.4 Å². The van der Waals surface area contributed by atoms with Gasteiger partial charge in [0.25, 0.3) is 0 Å². The largest absolute Gasteiger partial charge is 0.494 e. The van der Waals surface area contributed by atoms with Crippen LogP contribution in [0.3, 0.4) is 0 Å². The Balaban J connectivity index is 0.00000177. The highest BCUT2D eigenvalue weighted by atomic mass is 32.2. The van der Waals surface area contributed by atoms with Gasteiger partial charge in [-0.3, -0.25) is 9.36 Å². The molecule has 4 rings (SSSR count). The maximum Gasteiger partial charge on any atom is 0.417 e. The first-order valence-electron chi connectivity index (χ1n) is 15.4. The number of amides is 1. The predicted octanol–water partition coefficient (Wildman–Crippen LogP) is 7.10. The molecule has 1 aliphatic rings. The van der Waals surface area contributed by atoms with Crippen LogP contribution in [0.2, 0.25) is 0 Å². The minimum Gasteiger partial charge on any atom is -0.494 e. The fourth-order valence-electron chi connectivity index (χ4n) is 4.46. The summed E-state index contributed by atoms with van der Waals surface area (Å²) in [6.07, 6.45) is 1.13. The number of allylic oxidation sites excluding steroid dienone is 1. The Bertz CT molecular complexity index is 1600. The summed E-state index contributed by atoms with van der Waals surface area (Å²) in [6, 6.07) is 11.1. The van der Waals surface area contributed by atoms with Gasteiger partial charge in [0.2, 0.25) is 11.9 Å². The number of nitrogens with zero attached hydrogens (tertiary/aromatic N) is 4. The molecule has 8 nitrogen and oxygen atoms in total. The molecule has 1 aromatic heterocycles. The van der Waals surface area contributed by atoms with Gasteiger partial charge in [-0.15, -0.1) is 9.24 Å². The molecule has 0 fully saturated rings. The molecule has 46 heavy (non-hydrogen) atoms. The number of fused-ring (bicyclic) bond motifs is 1. The van der Waals surface area contributed by atoms with Crippen molar-refractivity contribution >= 4 is 48.7 Å². The van der Waals surface area contributed by atoms with Crippen molar-refractivity contribution in [3.05, 3.63) is 65.4 Å². The summed E-state index contributed by atoms with van der Waals surface area (Å²) in [6.45, 7) is 11.7. The van der Waals surface area contributed by atoms with Crippen LogP contribution in [0.5, 0.6) is 5.75 Å². The van der Waals surface area contributed by atoms with Crippen molar-refractivity contribution in [3.8, 4) is 17.0 Å². The average Bonchev–Trinajstić information content (AvgIpc) is 3.21. The lowest BCUT2D eigenvalue weighted by Crippen LogP contribution is -2.36. The topological polar surface area (TPSA) is 93.9 Å². The van der Waals surface area contributed by atoms with E-state index in [1.807, 2.05) is 71.2 Å². The molecule has 0 saturated carbocycles. The standard InChI is InChI=1S/C29H32F3N4O4PS.2C2H6/c1-3-40-22-10-8-21(9-11-22)27-24(34-28-33-13-5-6-14-36(27)28)19-35(15-16-42(38,39)4-2)26(37)18-20-7-12-25(41)23(17-20)29(30,31)32;2*1-2/h6-14,17H,3-5,15-16,18-19,41H2,1-2H3;2*1-2H3. The quantitative estimate of drug-likeness (QED) is 0.202. The summed E-state index contributed by atoms with van der Waals surface area (Å²) in [4.78, 5) is 24.0. The molecule has 1 amide bonds. The first-order chi connectivity index (χ1) is 21.9. The summed E-state index contributed by atoms with van der Waals surface area (Å²) in [5, 5.41) is -0.0299. The zero-order valence-electron chi connectivity index (χ0n) is 27.3. The Kier molecular flexibility index (Phi) is 15.1. The Morgan fingerprint density at radius 1 is 1.07 bits per heavy atom. The summed E-state index contributed by atoms with van der Waals surface area (Å²) in [5.74, 6) is 0.156. The van der Waals surface area contributed by atoms with Gasteiger partial charge in [0, 0.05) is 36.7 Å². The van der Waals surface area contributed by atoms with Crippen molar-refractivity contribution in [2.75, 3.05) is 24.7 Å². The third-order valence-corrected chi connectivity index (χ3v) is 8.88. The minimum atomic E-state index is -4.58. The van der Waals surface area contributed by atoms with Gasteiger partial charge in [-0.1, -0.05) is 52.8 Å². The monoisotopic (exact) mass is 680 g/mol. The van der Waals surface area contributed by atoms with Crippen molar-refractivity contribution in [3.63, 3.8) is 0 Å². The van der Waals surface area contributed by atoms with E-state index in [4.69, 9.17) is 4.74 Å². The number of hydrogen-bond donors (Lipinski definition) is 0. The van der Waals surface area contributed by atoms with Crippen molar-refractivity contribution in [2.45, 2.75) is 67.1 Å². The summed E-state index contributed by atoms with van der Waals surface area (Å²) >= 11 is 0. The van der Waals surface area contributed by atoms with E-state index in [0.29, 0.717) is 36.1 Å². The first-order valence-corrected chi connectivity index (χ1v) is 17.8. The van der Waals surface area contributed by atoms with E-state index in [1.165, 1.54) is 24.0 Å². The molecule has 2 aromatic carbocycles. The highest BCUT2D eigenvalue weighted by Crippen LogP contribution is 2.33. The molecular weight excluding hydrogens is 636 g/mol. The van der Waals surface area contributed by atoms with Gasteiger partial charge in [-0.2, -0.15) is 13.2 Å². The van der Waals surface area contributed by atoms with E-state index in [9.17, 15) is 26.4 Å². The van der Waals surface area contributed by atoms with Gasteiger partial charge in [0.05, 0.1) is 42.3 Å². The third-order valence-electron chi connectivity index (χ3n) is 6.69. The van der Waals surface area contributed by atoms with E-state index in [0.717, 1.165) is 11.6 Å². The fourth-order valence-corrected chi connectivity index (χ4v) is 5.59. The van der Waals surface area contributed by atoms with E-state index in [2.05, 4.69) is 19.2 Å². The number of halogens is 3. The van der Waals surface area contributed by atoms with Gasteiger partial charge >= 0.3 is 6.18 Å². The fraction of sp³-hybridized carbons (Fsp3) is 0.424. The number of rotatable bonds is 11. The summed E-state index contributed by atoms with van der Waals surface area (Å²) in [7, 11) is -1.39. The normalized spacial score (nSPS) is 12.2. The van der Waals surface area contributed by atoms with Gasteiger partial charge < -0.3 is 9.64 Å². The van der Waals surface area contributed by atoms with Crippen LogP contribution in [0.4, 0.5) is 19.1 Å². The molecule has 1 atom stereocenters. The molecule has 0 saturated heterocycles. The number of ether oxygens (including phenoxy) is 1. The average molecular weight is 681 g/mol. The van der Waals surface area contributed by atoms with Crippen LogP contribution in [0, 0.1) is 0 Å². The molecular formula is C33H44F3N4O4PS. The van der Waals surface area contributed by atoms with Crippen LogP contribution in [0.1, 0.15) is 64.8 Å². The Morgan fingerprint density at radius 2 is 1.74 bits per heavy atom. The van der Waals surface area contributed by atoms with Crippen LogP contribution in [0.25, 0.3) is 17.5 Å². The lowest BCUT2D eigenvalue weighted by atomic mass is 10.1. The van der Waals surface area contributed by atoms with Crippen LogP contribution in [-0.4, -0.2) is 59.6 Å². The molecule has 0 bridgehead atoms. The van der Waals surface area contributed by atoms with E-state index in [-0.39, 0.29) is 41.9 Å². The summed E-state index contributed by atoms with van der Waals surface area (Å²) in [5.41, 5.74) is 1.22. The predicted molar refractivity (Wildman–Crippen MR) is 184 cm³/mol. The molecule has 1 unspecified atom stereocenters. The zero-order valence-corrected chi connectivity index (χ0v) is 29.2. The highest BCUT2D eigenvalue weighted by Gasteiger charge is 2.33. The number of carbonyl (C=O) groups is 1. The molecule has 0 spiro atoms. The number of hydrogen-bond acceptors (Lipinski definition) is 6. The van der Waals surface area contributed by atoms with Crippen molar-refractivity contribution < 1.29 is 31.1 Å². The molecule has 252 valence electrons. The second-order valence-electron chi connectivity index (χ2n) is 9.61. The number of imidazole rings is 1. The van der Waals surface area contributed by atoms with E-state index < -0.39 is 27.5 Å². The SMILES string of the molecule is CC.CC.CCOc1ccc(-c2c(CN(CCS(=O)(=O)CC)C(=O)Cc3ccc(P)c(C(F)(F)F)c3)nc3n2C=CCC=N3)cc1. The minimum absolute atomic E-state index is 0.0299. The second kappa shape index (κ2) is 18.0. The number of sulfone groups is 1. The Hall–Kier alpha value is -3.50. The lowest BCUT2D eigenvalue weighted by Gasteiger charge is -2.23. The number of carbonyl (C=O) groups excluding carboxylic acids is 1. The smallest absolute Gasteiger partial charge is 0.417 e. The summed E-state index contributed by atoms with van der Waals surface area (Å²) < 4.78 is 72.6. The number of aliphatic imine (C=N–C) groups is 1. The van der Waals surface area contributed by atoms with E-state index >= 15 is 0 Å². The van der Waals surface area contributed by atoms with Gasteiger partial charge in [0.1, 0.15) is 5.75 Å². The number of benzene rings is 2. The maximum atomic E-state index is 13.6. The molecule has 0 N–H and O–H groups in total. The highest BCUT2D eigenvalue weighted by molar-refractivity contribution is 7.91. The van der Waals surface area contributed by atoms with Crippen LogP contribution in [-0.2, 0) is 33.8 Å².